The quantitative estimate of drug-likeness (QED) is 0.469. The van der Waals surface area contributed by atoms with Crippen LogP contribution in [-0.2, 0) is 0 Å². The lowest BCUT2D eigenvalue weighted by Crippen LogP contribution is -2.49. The predicted molar refractivity (Wildman–Crippen MR) is 64.9 cm³/mol. The Morgan fingerprint density at radius 1 is 1.56 bits per heavy atom. The van der Waals surface area contributed by atoms with E-state index in [-0.39, 0.29) is 0 Å². The molecule has 1 saturated heterocycles. The van der Waals surface area contributed by atoms with E-state index in [1.54, 1.807) is 0 Å². The Bertz CT molecular complexity index is 411. The Hall–Kier alpha value is -1.71. The van der Waals surface area contributed by atoms with Crippen LogP contribution in [0, 0.1) is 0 Å². The van der Waals surface area contributed by atoms with Crippen LogP contribution in [-0.4, -0.2) is 25.7 Å². The van der Waals surface area contributed by atoms with Crippen molar-refractivity contribution in [3.8, 4) is 0 Å². The molecule has 1 aliphatic heterocycles. The minimum Gasteiger partial charge on any atom is -0.369 e. The number of nitrogens with zero attached hydrogens (tertiary/aromatic N) is 4. The number of rotatable bonds is 2. The van der Waals surface area contributed by atoms with Crippen LogP contribution in [0.4, 0.5) is 11.4 Å². The van der Waals surface area contributed by atoms with Gasteiger partial charge in [0.2, 0.25) is 0 Å². The van der Waals surface area contributed by atoms with Crippen LogP contribution >= 0.6 is 0 Å². The summed E-state index contributed by atoms with van der Waals surface area (Å²) in [4.78, 5) is 5.10. The number of azide groups is 1. The predicted octanol–water partition coefficient (Wildman–Crippen LogP) is 2.43. The molecule has 0 aliphatic carbocycles. The monoisotopic (exact) mass is 217 g/mol. The molecule has 1 atom stereocenters. The van der Waals surface area contributed by atoms with Crippen molar-refractivity contribution in [2.24, 2.45) is 5.11 Å². The van der Waals surface area contributed by atoms with Crippen molar-refractivity contribution < 1.29 is 0 Å². The van der Waals surface area contributed by atoms with Crippen LogP contribution in [0.1, 0.15) is 6.92 Å². The zero-order valence-corrected chi connectivity index (χ0v) is 9.30. The molecule has 0 radical (unpaired) electrons. The maximum absolute atomic E-state index is 8.40. The molecule has 2 rings (SSSR count). The zero-order valence-electron chi connectivity index (χ0n) is 9.30. The summed E-state index contributed by atoms with van der Waals surface area (Å²) >= 11 is 0. The van der Waals surface area contributed by atoms with Crippen molar-refractivity contribution in [2.45, 2.75) is 13.0 Å². The summed E-state index contributed by atoms with van der Waals surface area (Å²) < 4.78 is 0. The third-order valence-corrected chi connectivity index (χ3v) is 2.72. The summed E-state index contributed by atoms with van der Waals surface area (Å²) in [6.07, 6.45) is 0. The first-order chi connectivity index (χ1) is 7.79. The fourth-order valence-electron chi connectivity index (χ4n) is 1.97. The highest BCUT2D eigenvalue weighted by molar-refractivity contribution is 5.55. The second-order valence-corrected chi connectivity index (χ2v) is 4.01. The molecule has 0 unspecified atom stereocenters. The van der Waals surface area contributed by atoms with E-state index in [9.17, 15) is 0 Å². The fourth-order valence-corrected chi connectivity index (χ4v) is 1.97. The number of hydrogen-bond acceptors (Lipinski definition) is 3. The van der Waals surface area contributed by atoms with Gasteiger partial charge in [-0.1, -0.05) is 17.2 Å². The van der Waals surface area contributed by atoms with Gasteiger partial charge in [-0.3, -0.25) is 0 Å². The zero-order chi connectivity index (χ0) is 11.4. The highest BCUT2D eigenvalue weighted by Crippen LogP contribution is 2.22. The molecule has 1 aromatic rings. The average molecular weight is 217 g/mol. The van der Waals surface area contributed by atoms with E-state index in [4.69, 9.17) is 5.53 Å². The summed E-state index contributed by atoms with van der Waals surface area (Å²) in [7, 11) is 0. The summed E-state index contributed by atoms with van der Waals surface area (Å²) in [6, 6.07) is 8.21. The Balaban J connectivity index is 2.19. The van der Waals surface area contributed by atoms with Crippen molar-refractivity contribution >= 4 is 11.4 Å². The number of anilines is 1. The van der Waals surface area contributed by atoms with Crippen LogP contribution in [0.25, 0.3) is 10.4 Å². The summed E-state index contributed by atoms with van der Waals surface area (Å²) in [5.41, 5.74) is 10.2. The van der Waals surface area contributed by atoms with E-state index < -0.39 is 0 Å². The summed E-state index contributed by atoms with van der Waals surface area (Å²) in [6.45, 7) is 5.14. The van der Waals surface area contributed by atoms with Gasteiger partial charge < -0.3 is 10.2 Å². The molecule has 16 heavy (non-hydrogen) atoms. The molecule has 0 spiro atoms. The van der Waals surface area contributed by atoms with E-state index in [1.807, 2.05) is 18.2 Å². The van der Waals surface area contributed by atoms with Gasteiger partial charge in [-0.05, 0) is 24.6 Å². The molecular weight excluding hydrogens is 202 g/mol. The Morgan fingerprint density at radius 3 is 3.19 bits per heavy atom. The fraction of sp³-hybridized carbons (Fsp3) is 0.455. The number of hydrogen-bond donors (Lipinski definition) is 1. The molecule has 5 nitrogen and oxygen atoms in total. The summed E-state index contributed by atoms with van der Waals surface area (Å²) in [5.74, 6) is 0. The summed E-state index contributed by atoms with van der Waals surface area (Å²) in [5, 5.41) is 7.02. The molecule has 5 heteroatoms. The van der Waals surface area contributed by atoms with Gasteiger partial charge in [-0.2, -0.15) is 0 Å². The highest BCUT2D eigenvalue weighted by Gasteiger charge is 2.15. The van der Waals surface area contributed by atoms with Gasteiger partial charge in [-0.15, -0.1) is 0 Å². The van der Waals surface area contributed by atoms with E-state index in [0.717, 1.165) is 25.3 Å². The molecular formula is C11H15N5. The average Bonchev–Trinajstić information content (AvgIpc) is 2.30. The molecule has 1 aromatic carbocycles. The van der Waals surface area contributed by atoms with E-state index in [1.165, 1.54) is 0 Å². The van der Waals surface area contributed by atoms with Gasteiger partial charge >= 0.3 is 0 Å². The topological polar surface area (TPSA) is 64.0 Å². The van der Waals surface area contributed by atoms with Crippen LogP contribution in [0.2, 0.25) is 0 Å². The van der Waals surface area contributed by atoms with Gasteiger partial charge in [-0.25, -0.2) is 0 Å². The minimum atomic E-state index is 0.497. The lowest BCUT2D eigenvalue weighted by Gasteiger charge is -2.33. The van der Waals surface area contributed by atoms with Crippen molar-refractivity contribution in [3.05, 3.63) is 34.7 Å². The number of nitrogens with one attached hydrogen (secondary N) is 1. The van der Waals surface area contributed by atoms with Crippen LogP contribution in [0.3, 0.4) is 0 Å². The SMILES string of the molecule is C[C@H]1CN(c2cccc(N=[N+]=[N-])c2)CCN1. The number of piperazine rings is 1. The van der Waals surface area contributed by atoms with E-state index >= 15 is 0 Å². The largest absolute Gasteiger partial charge is 0.369 e. The van der Waals surface area contributed by atoms with Crippen LogP contribution < -0.4 is 10.2 Å². The smallest absolute Gasteiger partial charge is 0.0395 e. The first-order valence-electron chi connectivity index (χ1n) is 5.43. The molecule has 1 aliphatic rings. The maximum atomic E-state index is 8.40. The van der Waals surface area contributed by atoms with E-state index in [2.05, 4.69) is 33.2 Å². The molecule has 0 amide bonds. The van der Waals surface area contributed by atoms with Crippen molar-refractivity contribution in [2.75, 3.05) is 24.5 Å². The Kier molecular flexibility index (Phi) is 3.29. The first-order valence-corrected chi connectivity index (χ1v) is 5.43. The third kappa shape index (κ3) is 2.45. The second-order valence-electron chi connectivity index (χ2n) is 4.01. The number of benzene rings is 1. The minimum absolute atomic E-state index is 0.497. The Morgan fingerprint density at radius 2 is 2.44 bits per heavy atom. The molecule has 0 bridgehead atoms. The first kappa shape index (κ1) is 10.8. The van der Waals surface area contributed by atoms with Crippen molar-refractivity contribution in [3.63, 3.8) is 0 Å². The van der Waals surface area contributed by atoms with Gasteiger partial charge in [0.05, 0.1) is 0 Å². The standard InChI is InChI=1S/C11H15N5/c1-9-8-16(6-5-13-9)11-4-2-3-10(7-11)14-15-12/h2-4,7,9,13H,5-6,8H2,1H3/t9-/m0/s1. The third-order valence-electron chi connectivity index (χ3n) is 2.72. The van der Waals surface area contributed by atoms with Crippen LogP contribution in [0.5, 0.6) is 0 Å². The maximum Gasteiger partial charge on any atom is 0.0395 e. The molecule has 1 heterocycles. The second kappa shape index (κ2) is 4.88. The molecule has 0 aromatic heterocycles. The lowest BCUT2D eigenvalue weighted by atomic mass is 10.2. The van der Waals surface area contributed by atoms with E-state index in [0.29, 0.717) is 11.7 Å². The van der Waals surface area contributed by atoms with Crippen molar-refractivity contribution in [1.29, 1.82) is 0 Å². The van der Waals surface area contributed by atoms with Crippen LogP contribution in [0.15, 0.2) is 29.4 Å². The lowest BCUT2D eigenvalue weighted by molar-refractivity contribution is 0.485. The normalized spacial score (nSPS) is 20.3. The molecule has 0 saturated carbocycles. The highest BCUT2D eigenvalue weighted by atomic mass is 15.2. The molecule has 84 valence electrons. The van der Waals surface area contributed by atoms with Gasteiger partial charge in [0, 0.05) is 42.0 Å². The van der Waals surface area contributed by atoms with Gasteiger partial charge in [0.15, 0.2) is 0 Å². The molecule has 1 fully saturated rings. The van der Waals surface area contributed by atoms with Gasteiger partial charge in [0.25, 0.3) is 0 Å². The van der Waals surface area contributed by atoms with Crippen molar-refractivity contribution in [1.82, 2.24) is 5.32 Å². The van der Waals surface area contributed by atoms with Gasteiger partial charge in [0.1, 0.15) is 0 Å². The molecule has 1 N–H and O–H groups in total. The Labute approximate surface area is 94.7 Å².